The molecule has 1 amide bonds. The second-order valence-corrected chi connectivity index (χ2v) is 5.67. The maximum atomic E-state index is 11.8. The minimum absolute atomic E-state index is 0.0108. The van der Waals surface area contributed by atoms with Crippen LogP contribution in [0.4, 0.5) is 11.4 Å². The summed E-state index contributed by atoms with van der Waals surface area (Å²) in [6, 6.07) is 15.4. The van der Waals surface area contributed by atoms with Gasteiger partial charge in [0.2, 0.25) is 5.91 Å². The van der Waals surface area contributed by atoms with Crippen molar-refractivity contribution in [3.8, 4) is 0 Å². The van der Waals surface area contributed by atoms with E-state index in [1.54, 1.807) is 23.9 Å². The van der Waals surface area contributed by atoms with Crippen molar-refractivity contribution >= 4 is 29.0 Å². The summed E-state index contributed by atoms with van der Waals surface area (Å²) >= 11 is 1.70. The molecule has 0 aromatic heterocycles. The fraction of sp³-hybridized carbons (Fsp3) is 0.188. The highest BCUT2D eigenvalue weighted by Crippen LogP contribution is 2.22. The first kappa shape index (κ1) is 14.5. The summed E-state index contributed by atoms with van der Waals surface area (Å²) in [6.45, 7) is 2.08. The van der Waals surface area contributed by atoms with E-state index in [1.807, 2.05) is 24.3 Å². The number of thioether (sulfide) groups is 1. The van der Waals surface area contributed by atoms with Crippen molar-refractivity contribution in [1.29, 1.82) is 0 Å². The van der Waals surface area contributed by atoms with Gasteiger partial charge < -0.3 is 11.1 Å². The van der Waals surface area contributed by atoms with Crippen LogP contribution in [0.15, 0.2) is 53.4 Å². The topological polar surface area (TPSA) is 55.1 Å². The molecule has 0 aliphatic rings. The SMILES string of the molecule is Cc1ccccc1SCCC(=O)Nc1cccc(N)c1. The molecule has 0 radical (unpaired) electrons. The summed E-state index contributed by atoms with van der Waals surface area (Å²) in [7, 11) is 0. The molecule has 0 heterocycles. The van der Waals surface area contributed by atoms with E-state index in [9.17, 15) is 4.79 Å². The molecule has 0 spiro atoms. The first-order valence-electron chi connectivity index (χ1n) is 6.49. The lowest BCUT2D eigenvalue weighted by Gasteiger charge is -2.07. The Balaban J connectivity index is 1.80. The predicted molar refractivity (Wildman–Crippen MR) is 86.0 cm³/mol. The highest BCUT2D eigenvalue weighted by atomic mass is 32.2. The molecule has 2 rings (SSSR count). The largest absolute Gasteiger partial charge is 0.399 e. The number of anilines is 2. The van der Waals surface area contributed by atoms with E-state index < -0.39 is 0 Å². The Bertz CT molecular complexity index is 599. The van der Waals surface area contributed by atoms with Gasteiger partial charge in [-0.25, -0.2) is 0 Å². The number of rotatable bonds is 5. The summed E-state index contributed by atoms with van der Waals surface area (Å²) in [5.41, 5.74) is 8.31. The smallest absolute Gasteiger partial charge is 0.225 e. The van der Waals surface area contributed by atoms with E-state index in [-0.39, 0.29) is 5.91 Å². The number of nitrogens with two attached hydrogens (primary N) is 1. The Labute approximate surface area is 123 Å². The lowest BCUT2D eigenvalue weighted by atomic mass is 10.2. The molecule has 2 aromatic carbocycles. The molecule has 20 heavy (non-hydrogen) atoms. The van der Waals surface area contributed by atoms with Gasteiger partial charge in [-0.05, 0) is 36.8 Å². The van der Waals surface area contributed by atoms with Crippen LogP contribution in [0.3, 0.4) is 0 Å². The van der Waals surface area contributed by atoms with Gasteiger partial charge in [0, 0.05) is 28.4 Å². The molecule has 0 unspecified atom stereocenters. The van der Waals surface area contributed by atoms with Crippen LogP contribution in [-0.4, -0.2) is 11.7 Å². The van der Waals surface area contributed by atoms with Crippen molar-refractivity contribution in [3.63, 3.8) is 0 Å². The van der Waals surface area contributed by atoms with E-state index in [0.717, 1.165) is 11.4 Å². The predicted octanol–water partition coefficient (Wildman–Crippen LogP) is 3.70. The van der Waals surface area contributed by atoms with Crippen LogP contribution in [-0.2, 0) is 4.79 Å². The van der Waals surface area contributed by atoms with E-state index >= 15 is 0 Å². The van der Waals surface area contributed by atoms with E-state index in [4.69, 9.17) is 5.73 Å². The Kier molecular flexibility index (Phi) is 5.07. The van der Waals surface area contributed by atoms with Gasteiger partial charge in [0.25, 0.3) is 0 Å². The molecule has 0 saturated carbocycles. The number of hydrogen-bond donors (Lipinski definition) is 2. The van der Waals surface area contributed by atoms with Crippen molar-refractivity contribution in [2.75, 3.05) is 16.8 Å². The van der Waals surface area contributed by atoms with Gasteiger partial charge in [-0.1, -0.05) is 24.3 Å². The zero-order chi connectivity index (χ0) is 14.4. The fourth-order valence-corrected chi connectivity index (χ4v) is 2.79. The normalized spacial score (nSPS) is 10.2. The van der Waals surface area contributed by atoms with E-state index in [2.05, 4.69) is 24.4 Å². The highest BCUT2D eigenvalue weighted by Gasteiger charge is 2.04. The Hall–Kier alpha value is -1.94. The van der Waals surface area contributed by atoms with Gasteiger partial charge in [-0.2, -0.15) is 0 Å². The quantitative estimate of drug-likeness (QED) is 0.651. The van der Waals surface area contributed by atoms with Crippen molar-refractivity contribution in [1.82, 2.24) is 0 Å². The Morgan fingerprint density at radius 3 is 2.75 bits per heavy atom. The molecule has 0 saturated heterocycles. The lowest BCUT2D eigenvalue weighted by molar-refractivity contribution is -0.115. The third-order valence-electron chi connectivity index (χ3n) is 2.85. The number of hydrogen-bond acceptors (Lipinski definition) is 3. The number of carbonyl (C=O) groups excluding carboxylic acids is 1. The number of amides is 1. The zero-order valence-corrected chi connectivity index (χ0v) is 12.2. The van der Waals surface area contributed by atoms with Gasteiger partial charge in [0.05, 0.1) is 0 Å². The first-order valence-corrected chi connectivity index (χ1v) is 7.47. The second kappa shape index (κ2) is 7.01. The van der Waals surface area contributed by atoms with Gasteiger partial charge in [0.1, 0.15) is 0 Å². The van der Waals surface area contributed by atoms with E-state index in [0.29, 0.717) is 12.1 Å². The number of benzene rings is 2. The van der Waals surface area contributed by atoms with Crippen LogP contribution in [0.25, 0.3) is 0 Å². The lowest BCUT2D eigenvalue weighted by Crippen LogP contribution is -2.12. The minimum Gasteiger partial charge on any atom is -0.399 e. The van der Waals surface area contributed by atoms with Crippen molar-refractivity contribution in [3.05, 3.63) is 54.1 Å². The summed E-state index contributed by atoms with van der Waals surface area (Å²) in [5.74, 6) is 0.774. The highest BCUT2D eigenvalue weighted by molar-refractivity contribution is 7.99. The van der Waals surface area contributed by atoms with Crippen molar-refractivity contribution in [2.24, 2.45) is 0 Å². The Morgan fingerprint density at radius 1 is 1.20 bits per heavy atom. The maximum Gasteiger partial charge on any atom is 0.225 e. The monoisotopic (exact) mass is 286 g/mol. The van der Waals surface area contributed by atoms with Gasteiger partial charge >= 0.3 is 0 Å². The third kappa shape index (κ3) is 4.31. The maximum absolute atomic E-state index is 11.8. The molecular formula is C16H18N2OS. The van der Waals surface area contributed by atoms with Gasteiger partial charge in [-0.15, -0.1) is 11.8 Å². The number of aryl methyl sites for hydroxylation is 1. The molecular weight excluding hydrogens is 268 g/mol. The zero-order valence-electron chi connectivity index (χ0n) is 11.4. The van der Waals surface area contributed by atoms with Gasteiger partial charge in [0.15, 0.2) is 0 Å². The number of nitrogen functional groups attached to an aromatic ring is 1. The molecule has 3 N–H and O–H groups in total. The van der Waals surface area contributed by atoms with Crippen molar-refractivity contribution in [2.45, 2.75) is 18.2 Å². The van der Waals surface area contributed by atoms with Crippen LogP contribution >= 0.6 is 11.8 Å². The molecule has 0 bridgehead atoms. The first-order chi connectivity index (χ1) is 9.65. The summed E-state index contributed by atoms with van der Waals surface area (Å²) < 4.78 is 0. The van der Waals surface area contributed by atoms with Crippen molar-refractivity contribution < 1.29 is 4.79 Å². The second-order valence-electron chi connectivity index (χ2n) is 4.54. The minimum atomic E-state index is 0.0108. The van der Waals surface area contributed by atoms with Crippen LogP contribution in [0.2, 0.25) is 0 Å². The molecule has 0 fully saturated rings. The fourth-order valence-electron chi connectivity index (χ4n) is 1.81. The standard InChI is InChI=1S/C16H18N2OS/c1-12-5-2-3-8-15(12)20-10-9-16(19)18-14-7-4-6-13(17)11-14/h2-8,11H,9-10,17H2,1H3,(H,18,19). The van der Waals surface area contributed by atoms with Gasteiger partial charge in [-0.3, -0.25) is 4.79 Å². The molecule has 104 valence electrons. The van der Waals surface area contributed by atoms with Crippen LogP contribution in [0, 0.1) is 6.92 Å². The summed E-state index contributed by atoms with van der Waals surface area (Å²) in [5, 5.41) is 2.85. The molecule has 0 atom stereocenters. The number of carbonyl (C=O) groups is 1. The average molecular weight is 286 g/mol. The summed E-state index contributed by atoms with van der Waals surface area (Å²) in [4.78, 5) is 13.1. The van der Waals surface area contributed by atoms with E-state index in [1.165, 1.54) is 10.5 Å². The van der Waals surface area contributed by atoms with Crippen LogP contribution < -0.4 is 11.1 Å². The molecule has 0 aliphatic carbocycles. The average Bonchev–Trinajstić information content (AvgIpc) is 2.41. The molecule has 4 heteroatoms. The number of nitrogens with one attached hydrogen (secondary N) is 1. The molecule has 2 aromatic rings. The van der Waals surface area contributed by atoms with Crippen LogP contribution in [0.1, 0.15) is 12.0 Å². The Morgan fingerprint density at radius 2 is 2.00 bits per heavy atom. The third-order valence-corrected chi connectivity index (χ3v) is 4.03. The summed E-state index contributed by atoms with van der Waals surface area (Å²) in [6.07, 6.45) is 0.480. The molecule has 0 aliphatic heterocycles. The van der Waals surface area contributed by atoms with Crippen LogP contribution in [0.5, 0.6) is 0 Å². The molecule has 3 nitrogen and oxygen atoms in total.